The van der Waals surface area contributed by atoms with Crippen LogP contribution >= 0.6 is 0 Å². The summed E-state index contributed by atoms with van der Waals surface area (Å²) >= 11 is 0. The molecule has 6 heteroatoms. The summed E-state index contributed by atoms with van der Waals surface area (Å²) in [7, 11) is 0. The molecule has 1 rings (SSSR count). The number of piperidine rings is 1. The van der Waals surface area contributed by atoms with Crippen LogP contribution in [0.25, 0.3) is 0 Å². The quantitative estimate of drug-likeness (QED) is 0.576. The molecule has 0 spiro atoms. The molecule has 0 aromatic carbocycles. The molecule has 0 aromatic heterocycles. The Labute approximate surface area is 94.0 Å². The van der Waals surface area contributed by atoms with E-state index < -0.39 is 12.0 Å². The minimum absolute atomic E-state index is 0.142. The molecule has 0 saturated carbocycles. The van der Waals surface area contributed by atoms with Crippen LogP contribution in [0.3, 0.4) is 0 Å². The molecule has 0 aromatic rings. The third-order valence-corrected chi connectivity index (χ3v) is 2.90. The van der Waals surface area contributed by atoms with Gasteiger partial charge in [-0.25, -0.2) is 0 Å². The normalized spacial score (nSPS) is 19.5. The van der Waals surface area contributed by atoms with Gasteiger partial charge in [0.2, 0.25) is 5.91 Å². The number of rotatable bonds is 4. The second-order valence-electron chi connectivity index (χ2n) is 4.16. The van der Waals surface area contributed by atoms with Crippen LogP contribution in [0.1, 0.15) is 19.3 Å². The van der Waals surface area contributed by atoms with Crippen molar-refractivity contribution in [3.05, 3.63) is 0 Å². The monoisotopic (exact) mass is 230 g/mol. The SMILES string of the molecule is NC(CC(=O)O)C(=O)N1CCC(CO)CC1. The summed E-state index contributed by atoms with van der Waals surface area (Å²) in [5.74, 6) is -1.12. The van der Waals surface area contributed by atoms with Gasteiger partial charge in [-0.1, -0.05) is 0 Å². The number of nitrogens with zero attached hydrogens (tertiary/aromatic N) is 1. The first-order chi connectivity index (χ1) is 7.54. The van der Waals surface area contributed by atoms with Crippen molar-refractivity contribution < 1.29 is 19.8 Å². The topological polar surface area (TPSA) is 104 Å². The number of aliphatic hydroxyl groups is 1. The van der Waals surface area contributed by atoms with E-state index >= 15 is 0 Å². The van der Waals surface area contributed by atoms with E-state index in [9.17, 15) is 9.59 Å². The van der Waals surface area contributed by atoms with Gasteiger partial charge in [-0.2, -0.15) is 0 Å². The van der Waals surface area contributed by atoms with Gasteiger partial charge in [-0.15, -0.1) is 0 Å². The van der Waals surface area contributed by atoms with Gasteiger partial charge in [-0.3, -0.25) is 9.59 Å². The lowest BCUT2D eigenvalue weighted by Crippen LogP contribution is -2.48. The van der Waals surface area contributed by atoms with E-state index in [4.69, 9.17) is 15.9 Å². The van der Waals surface area contributed by atoms with E-state index in [-0.39, 0.29) is 24.9 Å². The average Bonchev–Trinajstić information content (AvgIpc) is 2.27. The van der Waals surface area contributed by atoms with E-state index in [0.29, 0.717) is 13.1 Å². The fourth-order valence-electron chi connectivity index (χ4n) is 1.85. The second-order valence-corrected chi connectivity index (χ2v) is 4.16. The number of carbonyl (C=O) groups excluding carboxylic acids is 1. The molecule has 0 aliphatic carbocycles. The Morgan fingerprint density at radius 2 is 1.94 bits per heavy atom. The van der Waals surface area contributed by atoms with Crippen LogP contribution in [0.2, 0.25) is 0 Å². The van der Waals surface area contributed by atoms with Crippen molar-refractivity contribution in [2.24, 2.45) is 11.7 Å². The highest BCUT2D eigenvalue weighted by Crippen LogP contribution is 2.17. The molecular formula is C10H18N2O4. The minimum Gasteiger partial charge on any atom is -0.481 e. The first-order valence-electron chi connectivity index (χ1n) is 5.41. The number of aliphatic hydroxyl groups excluding tert-OH is 1. The lowest BCUT2D eigenvalue weighted by Gasteiger charge is -2.32. The zero-order valence-corrected chi connectivity index (χ0v) is 9.13. The number of amides is 1. The molecule has 16 heavy (non-hydrogen) atoms. The Hall–Kier alpha value is -1.14. The van der Waals surface area contributed by atoms with Crippen molar-refractivity contribution in [3.8, 4) is 0 Å². The lowest BCUT2D eigenvalue weighted by atomic mass is 9.97. The first-order valence-corrected chi connectivity index (χ1v) is 5.41. The van der Waals surface area contributed by atoms with E-state index in [2.05, 4.69) is 0 Å². The predicted molar refractivity (Wildman–Crippen MR) is 56.6 cm³/mol. The second kappa shape index (κ2) is 5.81. The minimum atomic E-state index is -1.06. The summed E-state index contributed by atoms with van der Waals surface area (Å²) in [5.41, 5.74) is 5.49. The number of hydrogen-bond donors (Lipinski definition) is 3. The Balaban J connectivity index is 2.40. The Bertz CT molecular complexity index is 262. The highest BCUT2D eigenvalue weighted by atomic mass is 16.4. The third kappa shape index (κ3) is 3.46. The Kier molecular flexibility index (Phi) is 4.70. The van der Waals surface area contributed by atoms with Crippen molar-refractivity contribution >= 4 is 11.9 Å². The summed E-state index contributed by atoms with van der Waals surface area (Å²) in [5, 5.41) is 17.5. The van der Waals surface area contributed by atoms with Gasteiger partial charge in [0, 0.05) is 19.7 Å². The molecule has 1 aliphatic heterocycles. The summed E-state index contributed by atoms with van der Waals surface area (Å²) < 4.78 is 0. The largest absolute Gasteiger partial charge is 0.481 e. The molecule has 1 aliphatic rings. The molecule has 1 saturated heterocycles. The van der Waals surface area contributed by atoms with Gasteiger partial charge in [0.15, 0.2) is 0 Å². The number of likely N-dealkylation sites (tertiary alicyclic amines) is 1. The molecule has 6 nitrogen and oxygen atoms in total. The maximum atomic E-state index is 11.7. The van der Waals surface area contributed by atoms with Crippen molar-refractivity contribution in [3.63, 3.8) is 0 Å². The maximum Gasteiger partial charge on any atom is 0.305 e. The van der Waals surface area contributed by atoms with Crippen molar-refractivity contribution in [1.82, 2.24) is 4.90 Å². The molecule has 1 unspecified atom stereocenters. The van der Waals surface area contributed by atoms with Gasteiger partial charge < -0.3 is 20.8 Å². The van der Waals surface area contributed by atoms with Crippen LogP contribution in [-0.4, -0.2) is 52.7 Å². The van der Waals surface area contributed by atoms with Crippen LogP contribution in [0.5, 0.6) is 0 Å². The van der Waals surface area contributed by atoms with Crippen LogP contribution in [-0.2, 0) is 9.59 Å². The molecule has 1 fully saturated rings. The molecule has 92 valence electrons. The standard InChI is InChI=1S/C10H18N2O4/c11-8(5-9(14)15)10(16)12-3-1-7(6-13)2-4-12/h7-8,13H,1-6,11H2,(H,14,15). The smallest absolute Gasteiger partial charge is 0.305 e. The van der Waals surface area contributed by atoms with E-state index in [0.717, 1.165) is 12.8 Å². The third-order valence-electron chi connectivity index (χ3n) is 2.90. The Morgan fingerprint density at radius 3 is 2.38 bits per heavy atom. The van der Waals surface area contributed by atoms with Crippen LogP contribution in [0.4, 0.5) is 0 Å². The number of carboxylic acids is 1. The number of hydrogen-bond acceptors (Lipinski definition) is 4. The van der Waals surface area contributed by atoms with Crippen molar-refractivity contribution in [2.75, 3.05) is 19.7 Å². The van der Waals surface area contributed by atoms with Gasteiger partial charge in [0.25, 0.3) is 0 Å². The molecule has 1 atom stereocenters. The molecule has 4 N–H and O–H groups in total. The van der Waals surface area contributed by atoms with Crippen LogP contribution in [0.15, 0.2) is 0 Å². The lowest BCUT2D eigenvalue weighted by molar-refractivity contribution is -0.142. The molecule has 0 radical (unpaired) electrons. The zero-order valence-electron chi connectivity index (χ0n) is 9.13. The number of carbonyl (C=O) groups is 2. The predicted octanol–water partition coefficient (Wildman–Crippen LogP) is -0.981. The molecule has 0 bridgehead atoms. The van der Waals surface area contributed by atoms with Crippen LogP contribution < -0.4 is 5.73 Å². The van der Waals surface area contributed by atoms with Gasteiger partial charge >= 0.3 is 5.97 Å². The molecule has 1 amide bonds. The fourth-order valence-corrected chi connectivity index (χ4v) is 1.85. The highest BCUT2D eigenvalue weighted by Gasteiger charge is 2.26. The fraction of sp³-hybridized carbons (Fsp3) is 0.800. The van der Waals surface area contributed by atoms with Gasteiger partial charge in [-0.05, 0) is 18.8 Å². The summed E-state index contributed by atoms with van der Waals surface area (Å²) in [6, 6.07) is -0.955. The van der Waals surface area contributed by atoms with E-state index in [1.807, 2.05) is 0 Å². The number of aliphatic carboxylic acids is 1. The Morgan fingerprint density at radius 1 is 1.38 bits per heavy atom. The average molecular weight is 230 g/mol. The maximum absolute atomic E-state index is 11.7. The molecule has 1 heterocycles. The van der Waals surface area contributed by atoms with E-state index in [1.165, 1.54) is 0 Å². The highest BCUT2D eigenvalue weighted by molar-refractivity contribution is 5.86. The summed E-state index contributed by atoms with van der Waals surface area (Å²) in [6.45, 7) is 1.25. The van der Waals surface area contributed by atoms with Crippen molar-refractivity contribution in [1.29, 1.82) is 0 Å². The van der Waals surface area contributed by atoms with Gasteiger partial charge in [0.05, 0.1) is 12.5 Å². The summed E-state index contributed by atoms with van der Waals surface area (Å²) in [6.07, 6.45) is 1.17. The molecular weight excluding hydrogens is 212 g/mol. The van der Waals surface area contributed by atoms with Gasteiger partial charge in [0.1, 0.15) is 0 Å². The first kappa shape index (κ1) is 12.9. The number of carboxylic acid groups (broad SMARTS) is 1. The zero-order chi connectivity index (χ0) is 12.1. The van der Waals surface area contributed by atoms with E-state index in [1.54, 1.807) is 4.90 Å². The van der Waals surface area contributed by atoms with Crippen molar-refractivity contribution in [2.45, 2.75) is 25.3 Å². The van der Waals surface area contributed by atoms with Crippen LogP contribution in [0, 0.1) is 5.92 Å². The summed E-state index contributed by atoms with van der Waals surface area (Å²) in [4.78, 5) is 23.7. The number of nitrogens with two attached hydrogens (primary N) is 1.